The molecule has 18 heavy (non-hydrogen) atoms. The van der Waals surface area contributed by atoms with Crippen molar-refractivity contribution in [3.05, 3.63) is 22.4 Å². The van der Waals surface area contributed by atoms with Gasteiger partial charge in [0.1, 0.15) is 0 Å². The van der Waals surface area contributed by atoms with Gasteiger partial charge < -0.3 is 11.1 Å². The average molecular weight is 381 g/mol. The summed E-state index contributed by atoms with van der Waals surface area (Å²) in [5.74, 6) is 1.12. The second-order valence-electron chi connectivity index (χ2n) is 5.34. The molecule has 0 aromatic carbocycles. The van der Waals surface area contributed by atoms with Crippen molar-refractivity contribution in [2.45, 2.75) is 33.1 Å². The van der Waals surface area contributed by atoms with Gasteiger partial charge in [0.25, 0.3) is 0 Å². The first kappa shape index (κ1) is 17.7. The van der Waals surface area contributed by atoms with E-state index in [9.17, 15) is 0 Å². The smallest absolute Gasteiger partial charge is 0.188 e. The Morgan fingerprint density at radius 3 is 2.67 bits per heavy atom. The van der Waals surface area contributed by atoms with Crippen LogP contribution in [0.5, 0.6) is 0 Å². The summed E-state index contributed by atoms with van der Waals surface area (Å²) in [5.41, 5.74) is 5.88. The van der Waals surface area contributed by atoms with Gasteiger partial charge in [-0.05, 0) is 17.4 Å². The highest BCUT2D eigenvalue weighted by Crippen LogP contribution is 2.27. The highest BCUT2D eigenvalue weighted by atomic mass is 127. The molecule has 0 aliphatic carbocycles. The van der Waals surface area contributed by atoms with Gasteiger partial charge in [0.2, 0.25) is 0 Å². The van der Waals surface area contributed by atoms with Gasteiger partial charge in [0, 0.05) is 16.8 Å². The van der Waals surface area contributed by atoms with E-state index < -0.39 is 0 Å². The van der Waals surface area contributed by atoms with Crippen molar-refractivity contribution in [1.82, 2.24) is 5.32 Å². The number of halogens is 1. The molecular weight excluding hydrogens is 357 g/mol. The molecular formula is C13H24IN3S. The largest absolute Gasteiger partial charge is 0.370 e. The first-order chi connectivity index (χ1) is 7.92. The Labute approximate surface area is 131 Å². The maximum atomic E-state index is 5.82. The molecule has 0 bridgehead atoms. The normalized spacial score (nSPS) is 12.4. The Bertz CT molecular complexity index is 358. The molecule has 1 rings (SSSR count). The Kier molecular flexibility index (Phi) is 7.86. The first-order valence-electron chi connectivity index (χ1n) is 5.99. The number of aliphatic imine (C=N–C) groups is 1. The van der Waals surface area contributed by atoms with Gasteiger partial charge in [-0.15, -0.1) is 35.3 Å². The molecule has 0 aliphatic heterocycles. The van der Waals surface area contributed by atoms with E-state index in [-0.39, 0.29) is 29.4 Å². The molecule has 0 fully saturated rings. The lowest BCUT2D eigenvalue weighted by molar-refractivity contribution is 0.548. The molecule has 1 heterocycles. The van der Waals surface area contributed by atoms with Crippen LogP contribution in [-0.2, 0) is 5.41 Å². The molecule has 3 N–H and O–H groups in total. The van der Waals surface area contributed by atoms with Crippen LogP contribution in [0.15, 0.2) is 22.5 Å². The number of hydrogen-bond acceptors (Lipinski definition) is 2. The van der Waals surface area contributed by atoms with Gasteiger partial charge in [0.05, 0.1) is 6.54 Å². The van der Waals surface area contributed by atoms with Gasteiger partial charge >= 0.3 is 0 Å². The molecule has 1 aromatic rings. The van der Waals surface area contributed by atoms with Crippen LogP contribution >= 0.6 is 35.3 Å². The maximum absolute atomic E-state index is 5.82. The zero-order chi connectivity index (χ0) is 12.9. The topological polar surface area (TPSA) is 50.4 Å². The second-order valence-corrected chi connectivity index (χ2v) is 6.29. The lowest BCUT2D eigenvalue weighted by atomic mass is 9.92. The fourth-order valence-electron chi connectivity index (χ4n) is 1.39. The quantitative estimate of drug-likeness (QED) is 0.468. The highest BCUT2D eigenvalue weighted by Gasteiger charge is 2.21. The fourth-order valence-corrected chi connectivity index (χ4v) is 2.23. The summed E-state index contributed by atoms with van der Waals surface area (Å²) in [4.78, 5) is 5.76. The standard InChI is InChI=1S/C13H23N3S.HI/c1-10(2)8-15-12(14)16-9-13(3,4)11-6-5-7-17-11;/h5-7,10H,8-9H2,1-4H3,(H3,14,15,16);1H. The Balaban J connectivity index is 0.00000289. The predicted molar refractivity (Wildman–Crippen MR) is 92.1 cm³/mol. The van der Waals surface area contributed by atoms with E-state index in [2.05, 4.69) is 55.5 Å². The van der Waals surface area contributed by atoms with Crippen molar-refractivity contribution in [3.8, 4) is 0 Å². The van der Waals surface area contributed by atoms with Gasteiger partial charge in [-0.1, -0.05) is 33.8 Å². The van der Waals surface area contributed by atoms with Crippen LogP contribution in [0.4, 0.5) is 0 Å². The minimum atomic E-state index is 0. The highest BCUT2D eigenvalue weighted by molar-refractivity contribution is 14.0. The lowest BCUT2D eigenvalue weighted by Gasteiger charge is -2.21. The third-order valence-electron chi connectivity index (χ3n) is 2.52. The van der Waals surface area contributed by atoms with Gasteiger partial charge in [0.15, 0.2) is 5.96 Å². The minimum absolute atomic E-state index is 0. The van der Waals surface area contributed by atoms with E-state index in [1.54, 1.807) is 11.3 Å². The number of hydrogen-bond donors (Lipinski definition) is 2. The van der Waals surface area contributed by atoms with Crippen molar-refractivity contribution in [3.63, 3.8) is 0 Å². The van der Waals surface area contributed by atoms with Crippen molar-refractivity contribution < 1.29 is 0 Å². The van der Waals surface area contributed by atoms with Crippen molar-refractivity contribution in [2.75, 3.05) is 13.1 Å². The predicted octanol–water partition coefficient (Wildman–Crippen LogP) is 3.20. The summed E-state index contributed by atoms with van der Waals surface area (Å²) in [6.07, 6.45) is 0. The Hall–Kier alpha value is -0.300. The van der Waals surface area contributed by atoms with Crippen molar-refractivity contribution in [1.29, 1.82) is 0 Å². The minimum Gasteiger partial charge on any atom is -0.370 e. The molecule has 0 aliphatic rings. The third-order valence-corrected chi connectivity index (χ3v) is 3.76. The van der Waals surface area contributed by atoms with Crippen LogP contribution in [0.3, 0.4) is 0 Å². The number of rotatable bonds is 5. The Morgan fingerprint density at radius 2 is 2.17 bits per heavy atom. The molecule has 0 saturated heterocycles. The van der Waals surface area contributed by atoms with E-state index in [1.165, 1.54) is 4.88 Å². The SMILES string of the molecule is CC(C)CNC(N)=NCC(C)(C)c1cccs1.I. The van der Waals surface area contributed by atoms with Crippen molar-refractivity contribution >= 4 is 41.3 Å². The summed E-state index contributed by atoms with van der Waals surface area (Å²) >= 11 is 1.77. The van der Waals surface area contributed by atoms with E-state index in [4.69, 9.17) is 5.73 Å². The van der Waals surface area contributed by atoms with E-state index in [1.807, 2.05) is 0 Å². The number of guanidine groups is 1. The maximum Gasteiger partial charge on any atom is 0.188 e. The summed E-state index contributed by atoms with van der Waals surface area (Å²) in [7, 11) is 0. The van der Waals surface area contributed by atoms with E-state index >= 15 is 0 Å². The van der Waals surface area contributed by atoms with Crippen LogP contribution in [0, 0.1) is 5.92 Å². The number of nitrogens with one attached hydrogen (secondary N) is 1. The van der Waals surface area contributed by atoms with E-state index in [0.717, 1.165) is 6.54 Å². The van der Waals surface area contributed by atoms with Gasteiger partial charge in [-0.2, -0.15) is 0 Å². The number of nitrogens with zero attached hydrogens (tertiary/aromatic N) is 1. The van der Waals surface area contributed by atoms with Crippen LogP contribution < -0.4 is 11.1 Å². The number of thiophene rings is 1. The summed E-state index contributed by atoms with van der Waals surface area (Å²) in [6.45, 7) is 10.3. The molecule has 0 spiro atoms. The van der Waals surface area contributed by atoms with E-state index in [0.29, 0.717) is 18.4 Å². The van der Waals surface area contributed by atoms with Crippen LogP contribution in [0.25, 0.3) is 0 Å². The molecule has 0 atom stereocenters. The zero-order valence-corrected chi connectivity index (χ0v) is 14.7. The van der Waals surface area contributed by atoms with Crippen LogP contribution in [-0.4, -0.2) is 19.0 Å². The molecule has 104 valence electrons. The lowest BCUT2D eigenvalue weighted by Crippen LogP contribution is -2.35. The molecule has 0 unspecified atom stereocenters. The third kappa shape index (κ3) is 6.04. The first-order valence-corrected chi connectivity index (χ1v) is 6.87. The van der Waals surface area contributed by atoms with Crippen LogP contribution in [0.2, 0.25) is 0 Å². The monoisotopic (exact) mass is 381 g/mol. The second kappa shape index (κ2) is 7.99. The molecule has 0 saturated carbocycles. The summed E-state index contributed by atoms with van der Waals surface area (Å²) < 4.78 is 0. The molecule has 3 nitrogen and oxygen atoms in total. The summed E-state index contributed by atoms with van der Waals surface area (Å²) in [6, 6.07) is 4.23. The van der Waals surface area contributed by atoms with Gasteiger partial charge in [-0.3, -0.25) is 4.99 Å². The van der Waals surface area contributed by atoms with Gasteiger partial charge in [-0.25, -0.2) is 0 Å². The van der Waals surface area contributed by atoms with Crippen molar-refractivity contribution in [2.24, 2.45) is 16.6 Å². The molecule has 0 amide bonds. The fraction of sp³-hybridized carbons (Fsp3) is 0.615. The molecule has 0 radical (unpaired) electrons. The number of nitrogens with two attached hydrogens (primary N) is 1. The van der Waals surface area contributed by atoms with Crippen LogP contribution in [0.1, 0.15) is 32.6 Å². The average Bonchev–Trinajstić information content (AvgIpc) is 2.77. The zero-order valence-electron chi connectivity index (χ0n) is 11.6. The summed E-state index contributed by atoms with van der Waals surface area (Å²) in [5, 5.41) is 5.23. The molecule has 1 aromatic heterocycles. The molecule has 5 heteroatoms. The Morgan fingerprint density at radius 1 is 1.50 bits per heavy atom.